The molecule has 0 saturated heterocycles. The molecule has 0 atom stereocenters. The first-order valence-electron chi connectivity index (χ1n) is 16.5. The van der Waals surface area contributed by atoms with Gasteiger partial charge in [0.05, 0.1) is 29.8 Å². The van der Waals surface area contributed by atoms with Gasteiger partial charge in [0.15, 0.2) is 10.7 Å². The third-order valence-electron chi connectivity index (χ3n) is 7.12. The molecule has 0 aliphatic carbocycles. The highest BCUT2D eigenvalue weighted by Crippen LogP contribution is 2.33. The van der Waals surface area contributed by atoms with Crippen molar-refractivity contribution >= 4 is 57.0 Å². The van der Waals surface area contributed by atoms with E-state index in [4.69, 9.17) is 30.1 Å². The number of hydrogen-bond acceptors (Lipinski definition) is 13. The molecule has 15 nitrogen and oxygen atoms in total. The Bertz CT molecular complexity index is 2000. The van der Waals surface area contributed by atoms with Crippen molar-refractivity contribution in [3.05, 3.63) is 69.7 Å². The number of nitrogens with zero attached hydrogens (tertiary/aromatic N) is 3. The Labute approximate surface area is 305 Å². The Hall–Kier alpha value is -5.48. The number of nitrogens with one attached hydrogen (secondary N) is 1. The van der Waals surface area contributed by atoms with E-state index in [-0.39, 0.29) is 36.9 Å². The number of anilines is 2. The van der Waals surface area contributed by atoms with Crippen molar-refractivity contribution in [3.8, 4) is 11.5 Å². The lowest BCUT2D eigenvalue weighted by molar-refractivity contribution is -0.155. The molecule has 0 unspecified atom stereocenters. The molecule has 0 bridgehead atoms. The van der Waals surface area contributed by atoms with E-state index in [0.29, 0.717) is 80.7 Å². The zero-order valence-electron chi connectivity index (χ0n) is 30.5. The molecule has 2 amide bonds. The highest BCUT2D eigenvalue weighted by Gasteiger charge is 2.20. The van der Waals surface area contributed by atoms with Gasteiger partial charge in [-0.25, -0.2) is 4.98 Å². The predicted molar refractivity (Wildman–Crippen MR) is 200 cm³/mol. The fourth-order valence-corrected chi connectivity index (χ4v) is 6.08. The normalized spacial score (nSPS) is 11.7. The number of amides is 2. The molecular weight excluding hydrogens is 691 g/mol. The predicted octanol–water partition coefficient (Wildman–Crippen LogP) is 4.55. The summed E-state index contributed by atoms with van der Waals surface area (Å²) in [5.41, 5.74) is 18.3. The number of primary amides is 1. The zero-order valence-corrected chi connectivity index (χ0v) is 31.3. The average molecular weight is 738 g/mol. The van der Waals surface area contributed by atoms with Crippen LogP contribution < -0.4 is 36.8 Å². The first-order chi connectivity index (χ1) is 24.7. The van der Waals surface area contributed by atoms with Crippen LogP contribution in [-0.2, 0) is 22.5 Å². The van der Waals surface area contributed by atoms with Gasteiger partial charge in [0.25, 0.3) is 0 Å². The van der Waals surface area contributed by atoms with Crippen molar-refractivity contribution in [1.82, 2.24) is 9.55 Å². The van der Waals surface area contributed by atoms with Crippen LogP contribution in [0.5, 0.6) is 11.5 Å². The molecule has 0 saturated carbocycles. The van der Waals surface area contributed by atoms with E-state index >= 15 is 0 Å². The Morgan fingerprint density at radius 2 is 1.85 bits per heavy atom. The molecule has 2 heterocycles. The summed E-state index contributed by atoms with van der Waals surface area (Å²) >= 11 is 1.20. The minimum absolute atomic E-state index is 0.0691. The third kappa shape index (κ3) is 10.8. The van der Waals surface area contributed by atoms with Gasteiger partial charge >= 0.3 is 11.9 Å². The van der Waals surface area contributed by atoms with E-state index in [9.17, 15) is 19.2 Å². The molecule has 2 aromatic heterocycles. The first kappa shape index (κ1) is 40.9. The number of aldehydes is 1. The highest BCUT2D eigenvalue weighted by atomic mass is 32.1. The number of aromatic nitrogens is 2. The van der Waals surface area contributed by atoms with Gasteiger partial charge in [-0.15, -0.1) is 0 Å². The summed E-state index contributed by atoms with van der Waals surface area (Å²) < 4.78 is 24.9. The summed E-state index contributed by atoms with van der Waals surface area (Å²) in [5.74, 6) is -0.353. The smallest absolute Gasteiger partial charge is 0.317 e. The maximum Gasteiger partial charge on any atom is 0.317 e. The van der Waals surface area contributed by atoms with Crippen LogP contribution in [0.2, 0.25) is 0 Å². The molecule has 0 aliphatic heterocycles. The lowest BCUT2D eigenvalue weighted by Gasteiger charge is -2.19. The van der Waals surface area contributed by atoms with E-state index in [1.807, 2.05) is 19.1 Å². The van der Waals surface area contributed by atoms with Gasteiger partial charge in [-0.05, 0) is 64.9 Å². The van der Waals surface area contributed by atoms with Gasteiger partial charge in [0, 0.05) is 37.6 Å². The highest BCUT2D eigenvalue weighted by molar-refractivity contribution is 7.16. The van der Waals surface area contributed by atoms with E-state index in [1.165, 1.54) is 31.6 Å². The number of allylic oxidation sites excluding steroid dienone is 1. The second kappa shape index (κ2) is 18.7. The van der Waals surface area contributed by atoms with Crippen molar-refractivity contribution in [1.29, 1.82) is 0 Å². The fraction of sp³-hybridized carbons (Fsp3) is 0.389. The molecular formula is C36H47N7O8S. The molecule has 2 aromatic carbocycles. The van der Waals surface area contributed by atoms with Crippen LogP contribution in [0.3, 0.4) is 0 Å². The molecule has 0 aliphatic rings. The van der Waals surface area contributed by atoms with Crippen LogP contribution in [0, 0.1) is 6.92 Å². The molecule has 4 aromatic rings. The first-order valence-corrected chi connectivity index (χ1v) is 17.3. The zero-order chi connectivity index (χ0) is 38.6. The third-order valence-corrected chi connectivity index (χ3v) is 8.15. The Morgan fingerprint density at radius 1 is 1.12 bits per heavy atom. The van der Waals surface area contributed by atoms with Crippen molar-refractivity contribution < 1.29 is 37.8 Å². The summed E-state index contributed by atoms with van der Waals surface area (Å²) in [6.07, 6.45) is 5.45. The number of rotatable bonds is 15. The minimum Gasteiger partial charge on any atom is -0.494 e. The summed E-state index contributed by atoms with van der Waals surface area (Å²) in [6.45, 7) is 9.73. The number of ether oxygens (including phenoxy) is 3. The number of thiazole rings is 1. The van der Waals surface area contributed by atoms with Crippen molar-refractivity contribution in [2.24, 2.45) is 16.5 Å². The number of methoxy groups -OCH3 is 1. The molecule has 7 N–H and O–H groups in total. The van der Waals surface area contributed by atoms with Crippen molar-refractivity contribution in [2.45, 2.75) is 66.0 Å². The monoisotopic (exact) mass is 737 g/mol. The van der Waals surface area contributed by atoms with Gasteiger partial charge in [-0.3, -0.25) is 19.2 Å². The van der Waals surface area contributed by atoms with Crippen LogP contribution in [-0.4, -0.2) is 66.5 Å². The lowest BCUT2D eigenvalue weighted by atomic mass is 10.1. The summed E-state index contributed by atoms with van der Waals surface area (Å²) in [5, 5.41) is 3.23. The van der Waals surface area contributed by atoms with Gasteiger partial charge in [-0.2, -0.15) is 4.99 Å². The molecule has 4 rings (SSSR count). The molecule has 52 heavy (non-hydrogen) atoms. The average Bonchev–Trinajstić information content (AvgIpc) is 3.65. The standard InChI is InChI=1S/C35H42N6O8S.CH5N/c1-7-24-31(48-20(2)39-24)33(45)40-34-41(30-26(46-6)17-22(32(37)44)18-27(30)50-34)13-9-8-12-38-29-23(36)15-21(19-42)16-25(29)47-14-10-11-28(43)49-35(3,4)5;1-2/h8-9,15-19,38H,7,10-14,36H2,1-6H3,(H2,37,44);2H2,1H3/b9-8+,40-34?;. The number of nitrogen functional groups attached to an aromatic ring is 1. The number of carbonyl (C=O) groups is 4. The number of carbonyl (C=O) groups excluding carboxylic acids is 4. The number of esters is 1. The maximum atomic E-state index is 13.3. The quantitative estimate of drug-likeness (QED) is 0.0433. The fourth-order valence-electron chi connectivity index (χ4n) is 4.99. The molecule has 0 radical (unpaired) electrons. The molecule has 0 fully saturated rings. The summed E-state index contributed by atoms with van der Waals surface area (Å²) in [6, 6.07) is 6.29. The largest absolute Gasteiger partial charge is 0.494 e. The number of oxazole rings is 1. The van der Waals surface area contributed by atoms with Gasteiger partial charge in [0.1, 0.15) is 34.6 Å². The van der Waals surface area contributed by atoms with Crippen LogP contribution in [0.25, 0.3) is 10.2 Å². The van der Waals surface area contributed by atoms with Crippen molar-refractivity contribution in [2.75, 3.05) is 38.4 Å². The van der Waals surface area contributed by atoms with Crippen LogP contribution >= 0.6 is 11.3 Å². The van der Waals surface area contributed by atoms with E-state index in [0.717, 1.165) is 0 Å². The van der Waals surface area contributed by atoms with Crippen LogP contribution in [0.1, 0.15) is 83.4 Å². The van der Waals surface area contributed by atoms with E-state index in [1.54, 1.807) is 50.5 Å². The number of aryl methyl sites for hydroxylation is 2. The molecule has 280 valence electrons. The maximum absolute atomic E-state index is 13.3. The molecule has 0 spiro atoms. The van der Waals surface area contributed by atoms with Gasteiger partial charge in [0.2, 0.25) is 11.7 Å². The van der Waals surface area contributed by atoms with E-state index < -0.39 is 17.4 Å². The second-order valence-electron chi connectivity index (χ2n) is 12.2. The number of nitrogens with two attached hydrogens (primary N) is 3. The van der Waals surface area contributed by atoms with Gasteiger partial charge in [-0.1, -0.05) is 30.4 Å². The Balaban J connectivity index is 0.00000358. The Morgan fingerprint density at radius 3 is 2.48 bits per heavy atom. The second-order valence-corrected chi connectivity index (χ2v) is 13.2. The van der Waals surface area contributed by atoms with Crippen molar-refractivity contribution in [3.63, 3.8) is 0 Å². The van der Waals surface area contributed by atoms with Crippen LogP contribution in [0.15, 0.2) is 45.8 Å². The summed E-state index contributed by atoms with van der Waals surface area (Å²) in [4.78, 5) is 57.9. The van der Waals surface area contributed by atoms with Crippen LogP contribution in [0.4, 0.5) is 11.4 Å². The summed E-state index contributed by atoms with van der Waals surface area (Å²) in [7, 11) is 2.98. The number of fused-ring (bicyclic) bond motifs is 1. The minimum atomic E-state index is -0.623. The number of benzene rings is 2. The SMILES string of the molecule is CCc1nc(C)oc1C(=O)N=c1sc2cc(C(N)=O)cc(OC)c2n1C/C=C/CNc1c(N)cc(C=O)cc1OCCCC(=O)OC(C)(C)C.CN. The van der Waals surface area contributed by atoms with E-state index in [2.05, 4.69) is 21.0 Å². The number of hydrogen-bond donors (Lipinski definition) is 4. The Kier molecular flexibility index (Phi) is 14.7. The molecule has 16 heteroatoms. The van der Waals surface area contributed by atoms with Gasteiger partial charge < -0.3 is 45.7 Å². The lowest BCUT2D eigenvalue weighted by Crippen LogP contribution is -2.24. The topological polar surface area (TPSA) is 229 Å².